The number of hydrogen-bond acceptors (Lipinski definition) is 2. The smallest absolute Gasteiger partial charge is 0.250 e. The van der Waals surface area contributed by atoms with Crippen LogP contribution in [0.5, 0.6) is 0 Å². The largest absolute Gasteiger partial charge is 0.313 e. The normalized spacial score (nSPS) is 17.8. The molecule has 1 fully saturated rings. The van der Waals surface area contributed by atoms with Crippen LogP contribution in [0.3, 0.4) is 0 Å². The topological polar surface area (TPSA) is 25.2 Å². The standard InChI is InChI=1S/C13H20N2O/c1-10(2)15-9-11(4-5-13(15)16)6-12-7-14(3)8-12/h4-5,9-10,12H,6-8H2,1-3H3. The first kappa shape index (κ1) is 11.4. The van der Waals surface area contributed by atoms with E-state index in [0.29, 0.717) is 0 Å². The van der Waals surface area contributed by atoms with Gasteiger partial charge in [0.2, 0.25) is 0 Å². The SMILES string of the molecule is CC(C)n1cc(CC2CN(C)C2)ccc1=O. The number of aromatic nitrogens is 1. The third-order valence-electron chi connectivity index (χ3n) is 3.22. The Bertz CT molecular complexity index is 416. The van der Waals surface area contributed by atoms with Gasteiger partial charge < -0.3 is 9.47 Å². The van der Waals surface area contributed by atoms with Crippen molar-refractivity contribution >= 4 is 0 Å². The van der Waals surface area contributed by atoms with E-state index in [1.807, 2.05) is 30.7 Å². The fourth-order valence-corrected chi connectivity index (χ4v) is 2.36. The number of likely N-dealkylation sites (tertiary alicyclic amines) is 1. The van der Waals surface area contributed by atoms with E-state index in [1.165, 1.54) is 18.7 Å². The quantitative estimate of drug-likeness (QED) is 0.772. The molecule has 0 aliphatic carbocycles. The molecule has 2 rings (SSSR count). The van der Waals surface area contributed by atoms with Gasteiger partial charge in [-0.3, -0.25) is 4.79 Å². The van der Waals surface area contributed by atoms with Crippen LogP contribution in [-0.2, 0) is 6.42 Å². The maximum atomic E-state index is 11.6. The molecule has 0 amide bonds. The summed E-state index contributed by atoms with van der Waals surface area (Å²) in [4.78, 5) is 13.9. The highest BCUT2D eigenvalue weighted by Crippen LogP contribution is 2.18. The van der Waals surface area contributed by atoms with E-state index in [-0.39, 0.29) is 11.6 Å². The van der Waals surface area contributed by atoms with Crippen LogP contribution in [0.1, 0.15) is 25.5 Å². The number of hydrogen-bond donors (Lipinski definition) is 0. The van der Waals surface area contributed by atoms with Gasteiger partial charge in [-0.25, -0.2) is 0 Å². The van der Waals surface area contributed by atoms with Crippen molar-refractivity contribution in [2.75, 3.05) is 20.1 Å². The van der Waals surface area contributed by atoms with E-state index in [9.17, 15) is 4.79 Å². The summed E-state index contributed by atoms with van der Waals surface area (Å²) in [5, 5.41) is 0. The first-order chi connectivity index (χ1) is 7.56. The molecule has 2 heterocycles. The fraction of sp³-hybridized carbons (Fsp3) is 0.615. The Labute approximate surface area is 96.7 Å². The molecule has 0 atom stereocenters. The zero-order chi connectivity index (χ0) is 11.7. The highest BCUT2D eigenvalue weighted by molar-refractivity contribution is 5.12. The highest BCUT2D eigenvalue weighted by Gasteiger charge is 2.23. The molecule has 3 nitrogen and oxygen atoms in total. The van der Waals surface area contributed by atoms with Crippen molar-refractivity contribution in [3.8, 4) is 0 Å². The average Bonchev–Trinajstić information content (AvgIpc) is 2.18. The lowest BCUT2D eigenvalue weighted by Gasteiger charge is -2.36. The number of pyridine rings is 1. The first-order valence-electron chi connectivity index (χ1n) is 5.96. The van der Waals surface area contributed by atoms with Crippen LogP contribution in [0.15, 0.2) is 23.1 Å². The van der Waals surface area contributed by atoms with Crippen LogP contribution in [0.2, 0.25) is 0 Å². The van der Waals surface area contributed by atoms with Crippen LogP contribution >= 0.6 is 0 Å². The van der Waals surface area contributed by atoms with Crippen LogP contribution in [0.25, 0.3) is 0 Å². The molecule has 0 saturated carbocycles. The molecule has 1 aliphatic rings. The third-order valence-corrected chi connectivity index (χ3v) is 3.22. The van der Waals surface area contributed by atoms with E-state index in [4.69, 9.17) is 0 Å². The van der Waals surface area contributed by atoms with Gasteiger partial charge in [0.05, 0.1) is 0 Å². The molecule has 1 aliphatic heterocycles. The second-order valence-corrected chi connectivity index (χ2v) is 5.17. The van der Waals surface area contributed by atoms with E-state index in [2.05, 4.69) is 11.9 Å². The lowest BCUT2D eigenvalue weighted by atomic mass is 9.93. The van der Waals surface area contributed by atoms with Gasteiger partial charge in [0.1, 0.15) is 0 Å². The van der Waals surface area contributed by atoms with Crippen LogP contribution in [0.4, 0.5) is 0 Å². The Balaban J connectivity index is 2.10. The van der Waals surface area contributed by atoms with Gasteiger partial charge in [-0.2, -0.15) is 0 Å². The summed E-state index contributed by atoms with van der Waals surface area (Å²) >= 11 is 0. The van der Waals surface area contributed by atoms with E-state index < -0.39 is 0 Å². The van der Waals surface area contributed by atoms with E-state index in [1.54, 1.807) is 6.07 Å². The molecule has 1 aromatic heterocycles. The molecule has 1 aromatic rings. The van der Waals surface area contributed by atoms with E-state index in [0.717, 1.165) is 12.3 Å². The van der Waals surface area contributed by atoms with Crippen LogP contribution < -0.4 is 5.56 Å². The Morgan fingerprint density at radius 1 is 1.38 bits per heavy atom. The predicted molar refractivity (Wildman–Crippen MR) is 65.8 cm³/mol. The van der Waals surface area contributed by atoms with Gasteiger partial charge in [0.25, 0.3) is 5.56 Å². The lowest BCUT2D eigenvalue weighted by molar-refractivity contribution is 0.134. The summed E-state index contributed by atoms with van der Waals surface area (Å²) in [5.74, 6) is 0.767. The van der Waals surface area contributed by atoms with Crippen molar-refractivity contribution in [1.29, 1.82) is 0 Å². The maximum absolute atomic E-state index is 11.6. The zero-order valence-corrected chi connectivity index (χ0v) is 10.3. The van der Waals surface area contributed by atoms with Gasteiger partial charge in [0, 0.05) is 31.4 Å². The molecule has 16 heavy (non-hydrogen) atoms. The summed E-state index contributed by atoms with van der Waals surface area (Å²) in [6.45, 7) is 6.45. The predicted octanol–water partition coefficient (Wildman–Crippen LogP) is 1.53. The molecule has 0 bridgehead atoms. The highest BCUT2D eigenvalue weighted by atomic mass is 16.1. The van der Waals surface area contributed by atoms with Crippen molar-refractivity contribution in [3.63, 3.8) is 0 Å². The maximum Gasteiger partial charge on any atom is 0.250 e. The number of nitrogens with zero attached hydrogens (tertiary/aromatic N) is 2. The Morgan fingerprint density at radius 3 is 2.62 bits per heavy atom. The van der Waals surface area contributed by atoms with Gasteiger partial charge >= 0.3 is 0 Å². The molecular formula is C13H20N2O. The summed E-state index contributed by atoms with van der Waals surface area (Å²) in [6.07, 6.45) is 3.11. The minimum atomic E-state index is 0.101. The Hall–Kier alpha value is -1.09. The first-order valence-corrected chi connectivity index (χ1v) is 5.96. The van der Waals surface area contributed by atoms with Crippen LogP contribution in [0, 0.1) is 5.92 Å². The minimum Gasteiger partial charge on any atom is -0.313 e. The molecule has 0 unspecified atom stereocenters. The molecular weight excluding hydrogens is 200 g/mol. The zero-order valence-electron chi connectivity index (χ0n) is 10.3. The van der Waals surface area contributed by atoms with Crippen molar-refractivity contribution in [2.45, 2.75) is 26.3 Å². The molecule has 0 aromatic carbocycles. The third kappa shape index (κ3) is 2.35. The average molecular weight is 220 g/mol. The molecule has 3 heteroatoms. The summed E-state index contributed by atoms with van der Waals surface area (Å²) in [6, 6.07) is 3.91. The Morgan fingerprint density at radius 2 is 2.06 bits per heavy atom. The van der Waals surface area contributed by atoms with Crippen molar-refractivity contribution < 1.29 is 0 Å². The van der Waals surface area contributed by atoms with Crippen molar-refractivity contribution in [3.05, 3.63) is 34.2 Å². The monoisotopic (exact) mass is 220 g/mol. The molecule has 0 radical (unpaired) electrons. The second kappa shape index (κ2) is 4.42. The molecule has 0 spiro atoms. The van der Waals surface area contributed by atoms with Crippen molar-refractivity contribution in [1.82, 2.24) is 9.47 Å². The summed E-state index contributed by atoms with van der Waals surface area (Å²) < 4.78 is 1.82. The molecule has 0 N–H and O–H groups in total. The van der Waals surface area contributed by atoms with E-state index >= 15 is 0 Å². The molecule has 1 saturated heterocycles. The van der Waals surface area contributed by atoms with Crippen LogP contribution in [-0.4, -0.2) is 29.6 Å². The molecule has 88 valence electrons. The summed E-state index contributed by atoms with van der Waals surface area (Å²) in [7, 11) is 2.14. The van der Waals surface area contributed by atoms with Gasteiger partial charge in [0.15, 0.2) is 0 Å². The van der Waals surface area contributed by atoms with Crippen molar-refractivity contribution in [2.24, 2.45) is 5.92 Å². The minimum absolute atomic E-state index is 0.101. The fourth-order valence-electron chi connectivity index (χ4n) is 2.36. The van der Waals surface area contributed by atoms with Gasteiger partial charge in [-0.1, -0.05) is 6.07 Å². The Kier molecular flexibility index (Phi) is 3.15. The summed E-state index contributed by atoms with van der Waals surface area (Å²) in [5.41, 5.74) is 1.39. The number of rotatable bonds is 3. The van der Waals surface area contributed by atoms with Gasteiger partial charge in [-0.15, -0.1) is 0 Å². The lowest BCUT2D eigenvalue weighted by Crippen LogP contribution is -2.44. The second-order valence-electron chi connectivity index (χ2n) is 5.17. The van der Waals surface area contributed by atoms with Gasteiger partial charge in [-0.05, 0) is 38.8 Å².